The van der Waals surface area contributed by atoms with Gasteiger partial charge in [0.2, 0.25) is 10.0 Å². The fraction of sp³-hybridized carbons (Fsp3) is 0.200. The highest BCUT2D eigenvalue weighted by molar-refractivity contribution is 7.89. The molecule has 0 fully saturated rings. The van der Waals surface area contributed by atoms with Crippen LogP contribution in [0.4, 0.5) is 5.69 Å². The van der Waals surface area contributed by atoms with Crippen molar-refractivity contribution in [2.75, 3.05) is 11.9 Å². The number of amides is 1. The summed E-state index contributed by atoms with van der Waals surface area (Å²) in [6.45, 7) is 2.02. The maximum absolute atomic E-state index is 13.2. The Morgan fingerprint density at radius 1 is 0.971 bits per heavy atom. The molecule has 1 amide bonds. The molecule has 1 N–H and O–H groups in total. The number of benzene rings is 3. The van der Waals surface area contributed by atoms with Crippen molar-refractivity contribution in [2.24, 2.45) is 0 Å². The van der Waals surface area contributed by atoms with E-state index in [0.29, 0.717) is 28.7 Å². The number of fused-ring (bicyclic) bond motifs is 1. The first kappa shape index (κ1) is 25.2. The van der Waals surface area contributed by atoms with Crippen molar-refractivity contribution in [3.05, 3.63) is 93.5 Å². The smallest absolute Gasteiger partial charge is 0.338 e. The van der Waals surface area contributed by atoms with E-state index in [-0.39, 0.29) is 17.0 Å². The lowest BCUT2D eigenvalue weighted by molar-refractivity contribution is -0.123. The molecule has 7 nitrogen and oxygen atoms in total. The topological polar surface area (TPSA) is 92.8 Å². The van der Waals surface area contributed by atoms with Crippen LogP contribution in [0.25, 0.3) is 0 Å². The van der Waals surface area contributed by atoms with E-state index in [1.165, 1.54) is 53.7 Å². The molecule has 1 atom stereocenters. The second-order valence-electron chi connectivity index (χ2n) is 8.08. The van der Waals surface area contributed by atoms with E-state index in [4.69, 9.17) is 27.9 Å². The third kappa shape index (κ3) is 5.85. The zero-order chi connectivity index (χ0) is 25.2. The number of nitrogens with zero attached hydrogens (tertiary/aromatic N) is 1. The van der Waals surface area contributed by atoms with Crippen LogP contribution < -0.4 is 5.32 Å². The van der Waals surface area contributed by atoms with E-state index in [0.717, 1.165) is 11.1 Å². The number of carbonyl (C=O) groups excluding carboxylic acids is 2. The summed E-state index contributed by atoms with van der Waals surface area (Å²) in [6, 6.07) is 17.9. The van der Waals surface area contributed by atoms with Gasteiger partial charge < -0.3 is 10.1 Å². The molecule has 0 saturated heterocycles. The summed E-state index contributed by atoms with van der Waals surface area (Å²) in [5.41, 5.74) is 2.46. The van der Waals surface area contributed by atoms with Crippen LogP contribution in [0.2, 0.25) is 10.0 Å². The zero-order valence-electron chi connectivity index (χ0n) is 18.7. The van der Waals surface area contributed by atoms with Crippen molar-refractivity contribution < 1.29 is 22.7 Å². The van der Waals surface area contributed by atoms with Crippen LogP contribution in [0.5, 0.6) is 0 Å². The van der Waals surface area contributed by atoms with Crippen LogP contribution in [0.15, 0.2) is 71.6 Å². The maximum atomic E-state index is 13.2. The Kier molecular flexibility index (Phi) is 7.47. The Balaban J connectivity index is 1.45. The minimum Gasteiger partial charge on any atom is -0.449 e. The van der Waals surface area contributed by atoms with Crippen LogP contribution in [-0.2, 0) is 32.5 Å². The summed E-state index contributed by atoms with van der Waals surface area (Å²) >= 11 is 11.9. The molecular formula is C25H22Cl2N2O5S. The molecule has 3 aromatic rings. The second-order valence-corrected chi connectivity index (χ2v) is 10.9. The predicted octanol–water partition coefficient (Wildman–Crippen LogP) is 4.92. The number of nitrogens with one attached hydrogen (secondary N) is 1. The van der Waals surface area contributed by atoms with E-state index in [9.17, 15) is 18.0 Å². The molecule has 0 aromatic heterocycles. The quantitative estimate of drug-likeness (QED) is 0.454. The highest BCUT2D eigenvalue weighted by Gasteiger charge is 2.29. The largest absolute Gasteiger partial charge is 0.449 e. The van der Waals surface area contributed by atoms with Crippen molar-refractivity contribution in [1.82, 2.24) is 4.31 Å². The van der Waals surface area contributed by atoms with Gasteiger partial charge in [0.05, 0.1) is 10.5 Å². The molecule has 10 heteroatoms. The lowest BCUT2D eigenvalue weighted by Crippen LogP contribution is -2.36. The van der Waals surface area contributed by atoms with Gasteiger partial charge >= 0.3 is 5.97 Å². The van der Waals surface area contributed by atoms with Crippen molar-refractivity contribution >= 4 is 50.8 Å². The third-order valence-electron chi connectivity index (χ3n) is 5.59. The Morgan fingerprint density at radius 2 is 1.66 bits per heavy atom. The van der Waals surface area contributed by atoms with Crippen molar-refractivity contribution in [3.63, 3.8) is 0 Å². The summed E-state index contributed by atoms with van der Waals surface area (Å²) in [7, 11) is -3.83. The SMILES string of the molecule is C[C@H](OC(=O)c1cccc(S(=O)(=O)N2CCc3ccccc3C2)c1)C(=O)Nc1cc(Cl)cc(Cl)c1. The number of esters is 1. The van der Waals surface area contributed by atoms with Gasteiger partial charge in [-0.2, -0.15) is 4.31 Å². The van der Waals surface area contributed by atoms with Gasteiger partial charge in [0.25, 0.3) is 5.91 Å². The Labute approximate surface area is 213 Å². The number of rotatable bonds is 6. The van der Waals surface area contributed by atoms with Crippen molar-refractivity contribution in [2.45, 2.75) is 30.9 Å². The Bertz CT molecular complexity index is 1370. The van der Waals surface area contributed by atoms with Crippen LogP contribution in [-0.4, -0.2) is 37.2 Å². The monoisotopic (exact) mass is 532 g/mol. The molecule has 1 aliphatic heterocycles. The minimum atomic E-state index is -3.83. The number of ether oxygens (including phenoxy) is 1. The molecule has 0 aliphatic carbocycles. The maximum Gasteiger partial charge on any atom is 0.338 e. The van der Waals surface area contributed by atoms with Crippen LogP contribution in [0.1, 0.15) is 28.4 Å². The summed E-state index contributed by atoms with van der Waals surface area (Å²) in [5, 5.41) is 3.26. The summed E-state index contributed by atoms with van der Waals surface area (Å²) in [5.74, 6) is -1.41. The number of carbonyl (C=O) groups is 2. The predicted molar refractivity (Wildman–Crippen MR) is 134 cm³/mol. The Morgan fingerprint density at radius 3 is 2.37 bits per heavy atom. The average molecular weight is 533 g/mol. The molecule has 0 radical (unpaired) electrons. The van der Waals surface area contributed by atoms with Crippen LogP contribution >= 0.6 is 23.2 Å². The molecular weight excluding hydrogens is 511 g/mol. The van der Waals surface area contributed by atoms with Gasteiger partial charge in [-0.05, 0) is 60.9 Å². The van der Waals surface area contributed by atoms with Gasteiger partial charge in [0.15, 0.2) is 6.10 Å². The molecule has 35 heavy (non-hydrogen) atoms. The number of halogens is 2. The van der Waals surface area contributed by atoms with E-state index < -0.39 is 28.0 Å². The first-order chi connectivity index (χ1) is 16.6. The molecule has 3 aromatic carbocycles. The second kappa shape index (κ2) is 10.4. The Hall–Kier alpha value is -2.91. The van der Waals surface area contributed by atoms with E-state index in [1.807, 2.05) is 24.3 Å². The summed E-state index contributed by atoms with van der Waals surface area (Å²) in [4.78, 5) is 25.1. The van der Waals surface area contributed by atoms with Crippen molar-refractivity contribution in [3.8, 4) is 0 Å². The molecule has 0 saturated carbocycles. The molecule has 1 heterocycles. The molecule has 4 rings (SSSR count). The normalized spacial score (nSPS) is 14.6. The highest BCUT2D eigenvalue weighted by Crippen LogP contribution is 2.26. The lowest BCUT2D eigenvalue weighted by atomic mass is 10.0. The van der Waals surface area contributed by atoms with Gasteiger partial charge in [-0.25, -0.2) is 13.2 Å². The average Bonchev–Trinajstić information content (AvgIpc) is 2.83. The van der Waals surface area contributed by atoms with E-state index in [2.05, 4.69) is 5.32 Å². The van der Waals surface area contributed by atoms with Gasteiger partial charge in [-0.1, -0.05) is 53.5 Å². The number of hydrogen-bond acceptors (Lipinski definition) is 5. The van der Waals surface area contributed by atoms with Crippen molar-refractivity contribution in [1.29, 1.82) is 0 Å². The molecule has 0 bridgehead atoms. The zero-order valence-corrected chi connectivity index (χ0v) is 21.0. The van der Waals surface area contributed by atoms with Gasteiger partial charge in [-0.15, -0.1) is 0 Å². The highest BCUT2D eigenvalue weighted by atomic mass is 35.5. The first-order valence-corrected chi connectivity index (χ1v) is 13.0. The first-order valence-electron chi connectivity index (χ1n) is 10.8. The fourth-order valence-corrected chi connectivity index (χ4v) is 5.75. The number of hydrogen-bond donors (Lipinski definition) is 1. The fourth-order valence-electron chi connectivity index (χ4n) is 3.76. The molecule has 182 valence electrons. The lowest BCUT2D eigenvalue weighted by Gasteiger charge is -2.28. The standard InChI is InChI=1S/C25H22Cl2N2O5S/c1-16(24(30)28-22-13-20(26)12-21(27)14-22)34-25(31)18-7-4-8-23(11-18)35(32,33)29-10-9-17-5-2-3-6-19(17)15-29/h2-8,11-14,16H,9-10,15H2,1H3,(H,28,30)/t16-/m0/s1. The number of sulfonamides is 1. The van der Waals surface area contributed by atoms with Gasteiger partial charge in [-0.3, -0.25) is 4.79 Å². The number of anilines is 1. The third-order valence-corrected chi connectivity index (χ3v) is 7.86. The molecule has 1 aliphatic rings. The van der Waals surface area contributed by atoms with Crippen LogP contribution in [0.3, 0.4) is 0 Å². The summed E-state index contributed by atoms with van der Waals surface area (Å²) < 4.78 is 33.2. The summed E-state index contributed by atoms with van der Waals surface area (Å²) in [6.07, 6.45) is -0.541. The molecule has 0 spiro atoms. The van der Waals surface area contributed by atoms with Gasteiger partial charge in [0, 0.05) is 28.8 Å². The van der Waals surface area contributed by atoms with Gasteiger partial charge in [0.1, 0.15) is 0 Å². The van der Waals surface area contributed by atoms with E-state index in [1.54, 1.807) is 0 Å². The minimum absolute atomic E-state index is 0.0167. The molecule has 0 unspecified atom stereocenters. The van der Waals surface area contributed by atoms with Crippen LogP contribution in [0, 0.1) is 0 Å². The van der Waals surface area contributed by atoms with E-state index >= 15 is 0 Å².